The molecule has 3 rings (SSSR count). The van der Waals surface area contributed by atoms with E-state index in [1.807, 2.05) is 24.3 Å². The molecule has 0 saturated heterocycles. The molecule has 1 unspecified atom stereocenters. The normalized spacial score (nSPS) is 12.2. The maximum atomic E-state index is 14.0. The van der Waals surface area contributed by atoms with E-state index in [1.54, 1.807) is 12.1 Å². The van der Waals surface area contributed by atoms with Crippen molar-refractivity contribution in [2.45, 2.75) is 51.9 Å². The molecule has 0 amide bonds. The van der Waals surface area contributed by atoms with Gasteiger partial charge >= 0.3 is 7.60 Å². The van der Waals surface area contributed by atoms with Gasteiger partial charge in [0, 0.05) is 22.1 Å². The number of rotatable bonds is 9. The largest absolute Gasteiger partial charge is 0.325 e. The van der Waals surface area contributed by atoms with Gasteiger partial charge in [0.25, 0.3) is 0 Å². The van der Waals surface area contributed by atoms with Crippen molar-refractivity contribution in [3.8, 4) is 11.8 Å². The lowest BCUT2D eigenvalue weighted by Crippen LogP contribution is -2.02. The average Bonchev–Trinajstić information content (AvgIpc) is 2.79. The summed E-state index contributed by atoms with van der Waals surface area (Å²) in [4.78, 5) is 17.9. The molecule has 0 fully saturated rings. The van der Waals surface area contributed by atoms with Gasteiger partial charge in [0.2, 0.25) is 0 Å². The molecule has 0 saturated carbocycles. The SMILES string of the molecule is Cc1ccc(CC(C#Cc2ccc(CCCCCP(=O)(O)O)cc2Br)c2cccc(F)c2)cc1C. The highest BCUT2D eigenvalue weighted by molar-refractivity contribution is 9.10. The number of hydrogen-bond acceptors (Lipinski definition) is 1. The summed E-state index contributed by atoms with van der Waals surface area (Å²) in [6.07, 6.45) is 3.65. The molecule has 3 aromatic rings. The molecule has 0 spiro atoms. The van der Waals surface area contributed by atoms with E-state index in [0.717, 1.165) is 40.4 Å². The molecule has 0 aromatic heterocycles. The lowest BCUT2D eigenvalue weighted by atomic mass is 9.91. The van der Waals surface area contributed by atoms with Crippen LogP contribution in [-0.4, -0.2) is 15.9 Å². The summed E-state index contributed by atoms with van der Waals surface area (Å²) >= 11 is 3.63. The Balaban J connectivity index is 1.74. The first-order valence-electron chi connectivity index (χ1n) is 11.8. The lowest BCUT2D eigenvalue weighted by molar-refractivity contribution is 0.371. The fraction of sp³-hybridized carbons (Fsp3) is 0.310. The van der Waals surface area contributed by atoms with Crippen molar-refractivity contribution in [3.63, 3.8) is 0 Å². The van der Waals surface area contributed by atoms with Crippen LogP contribution in [0.15, 0.2) is 65.1 Å². The van der Waals surface area contributed by atoms with Crippen molar-refractivity contribution in [1.82, 2.24) is 0 Å². The maximum absolute atomic E-state index is 14.0. The molecule has 0 heterocycles. The van der Waals surface area contributed by atoms with Gasteiger partial charge in [-0.25, -0.2) is 4.39 Å². The van der Waals surface area contributed by atoms with E-state index in [0.29, 0.717) is 12.8 Å². The van der Waals surface area contributed by atoms with Crippen LogP contribution in [0.25, 0.3) is 0 Å². The van der Waals surface area contributed by atoms with Crippen LogP contribution >= 0.6 is 23.5 Å². The van der Waals surface area contributed by atoms with Crippen LogP contribution < -0.4 is 0 Å². The molecule has 35 heavy (non-hydrogen) atoms. The fourth-order valence-corrected chi connectivity index (χ4v) is 5.11. The predicted molar refractivity (Wildman–Crippen MR) is 144 cm³/mol. The van der Waals surface area contributed by atoms with Crippen LogP contribution in [0.3, 0.4) is 0 Å². The van der Waals surface area contributed by atoms with E-state index in [2.05, 4.69) is 59.8 Å². The second-order valence-corrected chi connectivity index (χ2v) is 11.6. The summed E-state index contributed by atoms with van der Waals surface area (Å²) in [6, 6.07) is 19.1. The van der Waals surface area contributed by atoms with Gasteiger partial charge in [-0.05, 0) is 108 Å². The van der Waals surface area contributed by atoms with Gasteiger partial charge in [0.05, 0.1) is 0 Å². The molecule has 0 radical (unpaired) electrons. The highest BCUT2D eigenvalue weighted by Crippen LogP contribution is 2.35. The molecule has 3 nitrogen and oxygen atoms in total. The average molecular weight is 557 g/mol. The summed E-state index contributed by atoms with van der Waals surface area (Å²) in [5, 5.41) is 0. The quantitative estimate of drug-likeness (QED) is 0.163. The smallest absolute Gasteiger partial charge is 0.324 e. The van der Waals surface area contributed by atoms with Gasteiger partial charge in [-0.3, -0.25) is 4.57 Å². The second-order valence-electron chi connectivity index (χ2n) is 9.01. The molecule has 6 heteroatoms. The molecule has 0 aliphatic heterocycles. The van der Waals surface area contributed by atoms with Gasteiger partial charge in [-0.2, -0.15) is 0 Å². The number of benzene rings is 3. The minimum Gasteiger partial charge on any atom is -0.324 e. The Morgan fingerprint density at radius 2 is 1.71 bits per heavy atom. The number of halogens is 2. The number of aryl methyl sites for hydroxylation is 3. The van der Waals surface area contributed by atoms with Gasteiger partial charge in [0.15, 0.2) is 0 Å². The topological polar surface area (TPSA) is 57.5 Å². The van der Waals surface area contributed by atoms with Gasteiger partial charge < -0.3 is 9.79 Å². The molecule has 2 N–H and O–H groups in total. The Morgan fingerprint density at radius 1 is 0.943 bits per heavy atom. The van der Waals surface area contributed by atoms with Crippen molar-refractivity contribution < 1.29 is 18.7 Å². The molecule has 1 atom stereocenters. The molecule has 0 aliphatic carbocycles. The zero-order valence-corrected chi connectivity index (χ0v) is 22.6. The zero-order chi connectivity index (χ0) is 25.4. The van der Waals surface area contributed by atoms with Crippen LogP contribution in [0.4, 0.5) is 4.39 Å². The van der Waals surface area contributed by atoms with Crippen molar-refractivity contribution in [2.24, 2.45) is 0 Å². The lowest BCUT2D eigenvalue weighted by Gasteiger charge is -2.13. The standard InChI is InChI=1S/C29H31BrFO3P/c1-21-10-11-24(17-22(21)2)18-27(26-8-6-9-28(31)20-26)15-14-25-13-12-23(19-29(25)30)7-4-3-5-16-35(32,33)34/h6,8-13,17,19-20,27H,3-5,7,16,18H2,1-2H3,(H2,32,33,34). The summed E-state index contributed by atoms with van der Waals surface area (Å²) < 4.78 is 25.8. The monoisotopic (exact) mass is 556 g/mol. The summed E-state index contributed by atoms with van der Waals surface area (Å²) in [5.74, 6) is 6.26. The van der Waals surface area contributed by atoms with Crippen molar-refractivity contribution in [2.75, 3.05) is 6.16 Å². The van der Waals surface area contributed by atoms with Crippen LogP contribution in [0.5, 0.6) is 0 Å². The molecule has 0 bridgehead atoms. The van der Waals surface area contributed by atoms with E-state index in [1.165, 1.54) is 22.8 Å². The fourth-order valence-electron chi connectivity index (χ4n) is 3.95. The molecule has 0 aliphatic rings. The molecular weight excluding hydrogens is 526 g/mol. The summed E-state index contributed by atoms with van der Waals surface area (Å²) in [7, 11) is -3.90. The van der Waals surface area contributed by atoms with E-state index in [-0.39, 0.29) is 17.9 Å². The van der Waals surface area contributed by atoms with Crippen LogP contribution in [0.1, 0.15) is 58.6 Å². The molecule has 3 aromatic carbocycles. The van der Waals surface area contributed by atoms with Gasteiger partial charge in [-0.1, -0.05) is 54.7 Å². The number of hydrogen-bond donors (Lipinski definition) is 2. The highest BCUT2D eigenvalue weighted by atomic mass is 79.9. The first-order valence-corrected chi connectivity index (χ1v) is 14.4. The first kappa shape index (κ1) is 27.4. The molecular formula is C29H31BrFO3P. The van der Waals surface area contributed by atoms with E-state index in [4.69, 9.17) is 9.79 Å². The van der Waals surface area contributed by atoms with Gasteiger partial charge in [0.1, 0.15) is 5.82 Å². The summed E-state index contributed by atoms with van der Waals surface area (Å²) in [6.45, 7) is 4.19. The van der Waals surface area contributed by atoms with Crippen molar-refractivity contribution in [3.05, 3.63) is 104 Å². The minimum atomic E-state index is -3.90. The Bertz CT molecular complexity index is 1270. The Morgan fingerprint density at radius 3 is 2.40 bits per heavy atom. The van der Waals surface area contributed by atoms with E-state index in [9.17, 15) is 8.96 Å². The first-order chi connectivity index (χ1) is 16.6. The van der Waals surface area contributed by atoms with Crippen molar-refractivity contribution >= 4 is 23.5 Å². The zero-order valence-electron chi connectivity index (χ0n) is 20.1. The molecule has 184 valence electrons. The van der Waals surface area contributed by atoms with E-state index < -0.39 is 7.60 Å². The summed E-state index contributed by atoms with van der Waals surface area (Å²) in [5.41, 5.74) is 6.53. The maximum Gasteiger partial charge on any atom is 0.325 e. The Labute approximate surface area is 216 Å². The van der Waals surface area contributed by atoms with Gasteiger partial charge in [-0.15, -0.1) is 0 Å². The highest BCUT2D eigenvalue weighted by Gasteiger charge is 2.13. The van der Waals surface area contributed by atoms with Crippen LogP contribution in [-0.2, 0) is 17.4 Å². The van der Waals surface area contributed by atoms with Crippen molar-refractivity contribution in [1.29, 1.82) is 0 Å². The Kier molecular flexibility index (Phi) is 9.89. The van der Waals surface area contributed by atoms with E-state index >= 15 is 0 Å². The van der Waals surface area contributed by atoms with Crippen LogP contribution in [0, 0.1) is 31.5 Å². The second kappa shape index (κ2) is 12.7. The Hall–Kier alpha value is -2.22. The number of unbranched alkanes of at least 4 members (excludes halogenated alkanes) is 2. The third-order valence-corrected chi connectivity index (χ3v) is 7.65. The third-order valence-electron chi connectivity index (χ3n) is 6.09. The van der Waals surface area contributed by atoms with Crippen LogP contribution in [0.2, 0.25) is 0 Å². The predicted octanol–water partition coefficient (Wildman–Crippen LogP) is 7.47. The minimum absolute atomic E-state index is 0.0557. The third kappa shape index (κ3) is 9.06.